The standard InChI is InChI=1S/C24H23F6N3O4/c1-5-36-21(34)19-15(23(25,26)27)11(3)17(32-19)14(13-9-7-8-10-31-13)18-12(4)16(24(28,29)30)20(33-18)22(35)37-6-2/h7-10,14,32-33H,5-6H2,1-4H3. The molecule has 0 amide bonds. The van der Waals surface area contributed by atoms with Crippen molar-refractivity contribution in [2.75, 3.05) is 13.2 Å². The molecule has 0 aliphatic rings. The van der Waals surface area contributed by atoms with Crippen LogP contribution in [0.15, 0.2) is 24.4 Å². The zero-order chi connectivity index (χ0) is 27.7. The number of esters is 2. The van der Waals surface area contributed by atoms with Gasteiger partial charge in [0.25, 0.3) is 0 Å². The maximum Gasteiger partial charge on any atom is 0.418 e. The molecule has 0 aliphatic carbocycles. The van der Waals surface area contributed by atoms with E-state index in [-0.39, 0.29) is 30.3 Å². The van der Waals surface area contributed by atoms with Gasteiger partial charge in [0.15, 0.2) is 0 Å². The van der Waals surface area contributed by atoms with Gasteiger partial charge in [-0.3, -0.25) is 4.98 Å². The van der Waals surface area contributed by atoms with Gasteiger partial charge in [-0.15, -0.1) is 0 Å². The van der Waals surface area contributed by atoms with Crippen molar-refractivity contribution in [2.45, 2.75) is 46.0 Å². The van der Waals surface area contributed by atoms with Gasteiger partial charge in [0, 0.05) is 17.6 Å². The van der Waals surface area contributed by atoms with E-state index in [0.29, 0.717) is 0 Å². The molecule has 0 aromatic carbocycles. The molecule has 0 unspecified atom stereocenters. The second-order valence-corrected chi connectivity index (χ2v) is 7.95. The fraction of sp³-hybridized carbons (Fsp3) is 0.375. The Bertz CT molecular complexity index is 1210. The molecule has 0 fully saturated rings. The van der Waals surface area contributed by atoms with E-state index in [1.54, 1.807) is 0 Å². The molecule has 3 aromatic heterocycles. The first-order valence-corrected chi connectivity index (χ1v) is 11.1. The lowest BCUT2D eigenvalue weighted by Gasteiger charge is -2.18. The number of alkyl halides is 6. The van der Waals surface area contributed by atoms with Crippen LogP contribution in [0.1, 0.15) is 80.1 Å². The molecule has 37 heavy (non-hydrogen) atoms. The number of aromatic nitrogens is 3. The third-order valence-corrected chi connectivity index (χ3v) is 5.66. The topological polar surface area (TPSA) is 97.1 Å². The van der Waals surface area contributed by atoms with Crippen molar-refractivity contribution in [3.05, 3.63) is 75.1 Å². The lowest BCUT2D eigenvalue weighted by atomic mass is 9.90. The number of carbonyl (C=O) groups excluding carboxylic acids is 2. The predicted octanol–water partition coefficient (Wildman–Crippen LogP) is 5.93. The molecule has 0 saturated heterocycles. The van der Waals surface area contributed by atoms with Gasteiger partial charge < -0.3 is 19.4 Å². The molecule has 2 N–H and O–H groups in total. The van der Waals surface area contributed by atoms with E-state index < -0.39 is 63.9 Å². The Morgan fingerprint density at radius 2 is 1.27 bits per heavy atom. The number of hydrogen-bond acceptors (Lipinski definition) is 5. The maximum absolute atomic E-state index is 14.0. The highest BCUT2D eigenvalue weighted by molar-refractivity contribution is 5.91. The highest BCUT2D eigenvalue weighted by atomic mass is 19.4. The van der Waals surface area contributed by atoms with Crippen molar-refractivity contribution in [3.8, 4) is 0 Å². The fourth-order valence-corrected chi connectivity index (χ4v) is 4.21. The second kappa shape index (κ2) is 10.3. The van der Waals surface area contributed by atoms with Gasteiger partial charge in [0.1, 0.15) is 11.4 Å². The minimum Gasteiger partial charge on any atom is -0.461 e. The second-order valence-electron chi connectivity index (χ2n) is 7.95. The van der Waals surface area contributed by atoms with Crippen molar-refractivity contribution in [1.82, 2.24) is 15.0 Å². The molecule has 3 aromatic rings. The SMILES string of the molecule is CCOC(=O)c1[nH]c(C(c2ccccn2)c2[nH]c(C(=O)OCC)c(C(F)(F)F)c2C)c(C)c1C(F)(F)F. The van der Waals surface area contributed by atoms with E-state index in [2.05, 4.69) is 15.0 Å². The average molecular weight is 531 g/mol. The molecular formula is C24H23F6N3O4. The number of rotatable bonds is 7. The Morgan fingerprint density at radius 1 is 0.838 bits per heavy atom. The number of carbonyl (C=O) groups is 2. The Kier molecular flexibility index (Phi) is 7.75. The molecule has 0 atom stereocenters. The predicted molar refractivity (Wildman–Crippen MR) is 118 cm³/mol. The highest BCUT2D eigenvalue weighted by Gasteiger charge is 2.45. The van der Waals surface area contributed by atoms with Crippen LogP contribution >= 0.6 is 0 Å². The van der Waals surface area contributed by atoms with Crippen LogP contribution < -0.4 is 0 Å². The van der Waals surface area contributed by atoms with Gasteiger partial charge in [0.05, 0.1) is 36.0 Å². The van der Waals surface area contributed by atoms with Crippen molar-refractivity contribution < 1.29 is 45.4 Å². The van der Waals surface area contributed by atoms with Crippen molar-refractivity contribution in [2.24, 2.45) is 0 Å². The lowest BCUT2D eigenvalue weighted by molar-refractivity contribution is -0.139. The Hall–Kier alpha value is -3.77. The number of nitrogens with zero attached hydrogens (tertiary/aromatic N) is 1. The van der Waals surface area contributed by atoms with Crippen molar-refractivity contribution in [1.29, 1.82) is 0 Å². The first kappa shape index (κ1) is 27.8. The first-order chi connectivity index (χ1) is 17.2. The fourth-order valence-electron chi connectivity index (χ4n) is 4.21. The molecular weight excluding hydrogens is 508 g/mol. The third-order valence-electron chi connectivity index (χ3n) is 5.66. The Morgan fingerprint density at radius 3 is 1.59 bits per heavy atom. The summed E-state index contributed by atoms with van der Waals surface area (Å²) in [7, 11) is 0. The lowest BCUT2D eigenvalue weighted by Crippen LogP contribution is -2.14. The number of hydrogen-bond donors (Lipinski definition) is 2. The molecule has 3 rings (SSSR count). The summed E-state index contributed by atoms with van der Waals surface area (Å²) in [6.07, 6.45) is -8.67. The van der Waals surface area contributed by atoms with Crippen LogP contribution in [0.4, 0.5) is 26.3 Å². The highest BCUT2D eigenvalue weighted by Crippen LogP contribution is 2.44. The maximum atomic E-state index is 14.0. The van der Waals surface area contributed by atoms with Gasteiger partial charge in [0.2, 0.25) is 0 Å². The Balaban J connectivity index is 2.40. The summed E-state index contributed by atoms with van der Waals surface area (Å²) >= 11 is 0. The van der Waals surface area contributed by atoms with Crippen LogP contribution in [-0.2, 0) is 21.8 Å². The van der Waals surface area contributed by atoms with E-state index in [0.717, 1.165) is 13.8 Å². The van der Waals surface area contributed by atoms with Crippen molar-refractivity contribution >= 4 is 11.9 Å². The van der Waals surface area contributed by atoms with Crippen LogP contribution in [0.3, 0.4) is 0 Å². The number of ether oxygens (including phenoxy) is 2. The first-order valence-electron chi connectivity index (χ1n) is 11.1. The molecule has 7 nitrogen and oxygen atoms in total. The van der Waals surface area contributed by atoms with Gasteiger partial charge in [-0.05, 0) is 51.0 Å². The minimum atomic E-state index is -4.99. The smallest absolute Gasteiger partial charge is 0.418 e. The molecule has 0 aliphatic heterocycles. The summed E-state index contributed by atoms with van der Waals surface area (Å²) in [4.78, 5) is 33.8. The average Bonchev–Trinajstić information content (AvgIpc) is 3.33. The number of aromatic amines is 2. The van der Waals surface area contributed by atoms with Crippen LogP contribution in [0, 0.1) is 13.8 Å². The molecule has 3 heterocycles. The zero-order valence-corrected chi connectivity index (χ0v) is 20.1. The third kappa shape index (κ3) is 5.35. The number of H-pyrrole nitrogens is 2. The molecule has 0 bridgehead atoms. The van der Waals surface area contributed by atoms with E-state index in [1.807, 2.05) is 0 Å². The summed E-state index contributed by atoms with van der Waals surface area (Å²) < 4.78 is 93.7. The van der Waals surface area contributed by atoms with Gasteiger partial charge in [-0.1, -0.05) is 6.07 Å². The number of nitrogens with one attached hydrogen (secondary N) is 2. The van der Waals surface area contributed by atoms with E-state index in [4.69, 9.17) is 9.47 Å². The summed E-state index contributed by atoms with van der Waals surface area (Å²) in [6, 6.07) is 4.42. The van der Waals surface area contributed by atoms with Crippen LogP contribution in [0.5, 0.6) is 0 Å². The summed E-state index contributed by atoms with van der Waals surface area (Å²) in [6.45, 7) is 4.58. The summed E-state index contributed by atoms with van der Waals surface area (Å²) in [5.41, 5.74) is -5.73. The van der Waals surface area contributed by atoms with Gasteiger partial charge in [-0.2, -0.15) is 26.3 Å². The van der Waals surface area contributed by atoms with Crippen LogP contribution in [0.2, 0.25) is 0 Å². The normalized spacial score (nSPS) is 12.2. The van der Waals surface area contributed by atoms with E-state index in [9.17, 15) is 35.9 Å². The van der Waals surface area contributed by atoms with E-state index in [1.165, 1.54) is 38.2 Å². The molecule has 0 radical (unpaired) electrons. The molecule has 13 heteroatoms. The quantitative estimate of drug-likeness (QED) is 0.291. The molecule has 0 spiro atoms. The zero-order valence-electron chi connectivity index (χ0n) is 20.1. The minimum absolute atomic E-state index is 0.0597. The van der Waals surface area contributed by atoms with Crippen LogP contribution in [-0.4, -0.2) is 40.1 Å². The van der Waals surface area contributed by atoms with Crippen LogP contribution in [0.25, 0.3) is 0 Å². The largest absolute Gasteiger partial charge is 0.461 e. The Labute approximate surface area is 207 Å². The summed E-state index contributed by atoms with van der Waals surface area (Å²) in [5.74, 6) is -3.94. The van der Waals surface area contributed by atoms with Gasteiger partial charge in [-0.25, -0.2) is 9.59 Å². The van der Waals surface area contributed by atoms with Crippen molar-refractivity contribution in [3.63, 3.8) is 0 Å². The monoisotopic (exact) mass is 531 g/mol. The van der Waals surface area contributed by atoms with E-state index >= 15 is 0 Å². The summed E-state index contributed by atoms with van der Waals surface area (Å²) in [5, 5.41) is 0. The molecule has 0 saturated carbocycles. The number of pyridine rings is 1. The van der Waals surface area contributed by atoms with Gasteiger partial charge >= 0.3 is 24.3 Å². The number of halogens is 6. The molecule has 200 valence electrons.